The molecule has 1 aliphatic rings. The van der Waals surface area contributed by atoms with Crippen LogP contribution < -0.4 is 20.7 Å². The number of rotatable bonds is 5. The average molecular weight is 430 g/mol. The van der Waals surface area contributed by atoms with Crippen LogP contribution in [0.5, 0.6) is 5.75 Å². The summed E-state index contributed by atoms with van der Waals surface area (Å²) in [5.74, 6) is 0.288. The lowest BCUT2D eigenvalue weighted by molar-refractivity contribution is -0.113. The predicted molar refractivity (Wildman–Crippen MR) is 107 cm³/mol. The lowest BCUT2D eigenvalue weighted by Crippen LogP contribution is -2.46. The molecule has 1 aliphatic heterocycles. The smallest absolute Gasteiger partial charge is 0.319 e. The van der Waals surface area contributed by atoms with Crippen LogP contribution in [0.2, 0.25) is 0 Å². The van der Waals surface area contributed by atoms with E-state index in [-0.39, 0.29) is 11.9 Å². The molecule has 0 saturated carbocycles. The lowest BCUT2D eigenvalue weighted by Gasteiger charge is -2.29. The molecule has 0 spiro atoms. The largest absolute Gasteiger partial charge is 0.492 e. The molecule has 0 radical (unpaired) electrons. The van der Waals surface area contributed by atoms with Crippen molar-refractivity contribution in [1.82, 2.24) is 10.6 Å². The summed E-state index contributed by atoms with van der Waals surface area (Å²) in [6.45, 7) is 4.09. The van der Waals surface area contributed by atoms with E-state index in [9.17, 15) is 9.59 Å². The van der Waals surface area contributed by atoms with Gasteiger partial charge in [-0.1, -0.05) is 40.2 Å². The van der Waals surface area contributed by atoms with Crippen molar-refractivity contribution in [1.29, 1.82) is 0 Å². The van der Waals surface area contributed by atoms with Gasteiger partial charge in [-0.3, -0.25) is 4.79 Å². The number of carbonyl (C=O) groups is 2. The van der Waals surface area contributed by atoms with Gasteiger partial charge in [0.25, 0.3) is 5.91 Å². The second kappa shape index (κ2) is 8.26. The van der Waals surface area contributed by atoms with E-state index in [0.29, 0.717) is 29.3 Å². The molecule has 3 amide bonds. The van der Waals surface area contributed by atoms with Crippen molar-refractivity contribution >= 4 is 33.6 Å². The number of nitrogens with one attached hydrogen (secondary N) is 3. The number of hydrogen-bond acceptors (Lipinski definition) is 3. The van der Waals surface area contributed by atoms with Crippen molar-refractivity contribution in [2.24, 2.45) is 0 Å². The first-order chi connectivity index (χ1) is 13.0. The van der Waals surface area contributed by atoms with Gasteiger partial charge in [0.1, 0.15) is 5.75 Å². The molecule has 3 N–H and O–H groups in total. The third-order valence-corrected chi connectivity index (χ3v) is 4.62. The highest BCUT2D eigenvalue weighted by molar-refractivity contribution is 9.10. The van der Waals surface area contributed by atoms with Crippen molar-refractivity contribution < 1.29 is 14.3 Å². The Morgan fingerprint density at radius 3 is 2.74 bits per heavy atom. The minimum Gasteiger partial charge on any atom is -0.492 e. The number of urea groups is 1. The second-order valence-corrected chi connectivity index (χ2v) is 6.92. The van der Waals surface area contributed by atoms with Crippen molar-refractivity contribution in [2.75, 3.05) is 11.9 Å². The van der Waals surface area contributed by atoms with Crippen molar-refractivity contribution in [3.05, 3.63) is 69.8 Å². The molecular formula is C20H20BrN3O3. The molecule has 7 heteroatoms. The van der Waals surface area contributed by atoms with Crippen LogP contribution >= 0.6 is 15.9 Å². The van der Waals surface area contributed by atoms with Gasteiger partial charge in [-0.05, 0) is 43.7 Å². The Balaban J connectivity index is 1.95. The molecule has 140 valence electrons. The molecule has 2 aromatic carbocycles. The SMILES string of the molecule is CCOc1ccccc1NC(=O)C1=C(C)NC(=O)N[C@H]1c1cccc(Br)c1. The molecule has 0 bridgehead atoms. The fourth-order valence-electron chi connectivity index (χ4n) is 2.97. The predicted octanol–water partition coefficient (Wildman–Crippen LogP) is 4.11. The zero-order chi connectivity index (χ0) is 19.4. The van der Waals surface area contributed by atoms with Crippen LogP contribution in [0.15, 0.2) is 64.3 Å². The van der Waals surface area contributed by atoms with E-state index in [2.05, 4.69) is 31.9 Å². The first-order valence-corrected chi connectivity index (χ1v) is 9.35. The van der Waals surface area contributed by atoms with Gasteiger partial charge >= 0.3 is 6.03 Å². The molecule has 0 aromatic heterocycles. The van der Waals surface area contributed by atoms with Crippen molar-refractivity contribution in [3.63, 3.8) is 0 Å². The molecule has 27 heavy (non-hydrogen) atoms. The Morgan fingerprint density at radius 1 is 1.22 bits per heavy atom. The standard InChI is InChI=1S/C20H20BrN3O3/c1-3-27-16-10-5-4-9-15(16)23-19(25)17-12(2)22-20(26)24-18(17)13-7-6-8-14(21)11-13/h4-11,18H,3H2,1-2H3,(H,23,25)(H2,22,24,26)/t18-/m0/s1. The van der Waals surface area contributed by atoms with Gasteiger partial charge in [-0.25, -0.2) is 4.79 Å². The van der Waals surface area contributed by atoms with Crippen LogP contribution in [-0.4, -0.2) is 18.5 Å². The maximum absolute atomic E-state index is 13.1. The maximum Gasteiger partial charge on any atom is 0.319 e. The third-order valence-electron chi connectivity index (χ3n) is 4.13. The first-order valence-electron chi connectivity index (χ1n) is 8.56. The van der Waals surface area contributed by atoms with E-state index in [0.717, 1.165) is 10.0 Å². The summed E-state index contributed by atoms with van der Waals surface area (Å²) in [5, 5.41) is 8.40. The summed E-state index contributed by atoms with van der Waals surface area (Å²) >= 11 is 3.44. The van der Waals surface area contributed by atoms with Crippen LogP contribution in [0.4, 0.5) is 10.5 Å². The Morgan fingerprint density at radius 2 is 2.00 bits per heavy atom. The minimum absolute atomic E-state index is 0.308. The number of amides is 3. The molecule has 2 aromatic rings. The quantitative estimate of drug-likeness (QED) is 0.668. The van der Waals surface area contributed by atoms with Crippen LogP contribution in [0.1, 0.15) is 25.5 Å². The fourth-order valence-corrected chi connectivity index (χ4v) is 3.39. The highest BCUT2D eigenvalue weighted by Crippen LogP contribution is 2.31. The number of carbonyl (C=O) groups excluding carboxylic acids is 2. The molecule has 0 unspecified atom stereocenters. The summed E-state index contributed by atoms with van der Waals surface area (Å²) in [5.41, 5.74) is 2.34. The number of allylic oxidation sites excluding steroid dienone is 1. The summed E-state index contributed by atoms with van der Waals surface area (Å²) in [6, 6.07) is 13.8. The van der Waals surface area contributed by atoms with Gasteiger partial charge in [0, 0.05) is 10.2 Å². The van der Waals surface area contributed by atoms with Gasteiger partial charge in [0.2, 0.25) is 0 Å². The van der Waals surface area contributed by atoms with Crippen LogP contribution in [0.25, 0.3) is 0 Å². The summed E-state index contributed by atoms with van der Waals surface area (Å²) in [7, 11) is 0. The third kappa shape index (κ3) is 4.31. The maximum atomic E-state index is 13.1. The Bertz CT molecular complexity index is 911. The zero-order valence-electron chi connectivity index (χ0n) is 15.0. The highest BCUT2D eigenvalue weighted by atomic mass is 79.9. The molecule has 1 atom stereocenters. The number of benzene rings is 2. The summed E-state index contributed by atoms with van der Waals surface area (Å²) in [6.07, 6.45) is 0. The van der Waals surface area contributed by atoms with Gasteiger partial charge in [0.05, 0.1) is 23.9 Å². The molecule has 0 aliphatic carbocycles. The van der Waals surface area contributed by atoms with Crippen LogP contribution in [0, 0.1) is 0 Å². The van der Waals surface area contributed by atoms with E-state index in [4.69, 9.17) is 4.74 Å². The van der Waals surface area contributed by atoms with E-state index in [1.54, 1.807) is 19.1 Å². The highest BCUT2D eigenvalue weighted by Gasteiger charge is 2.31. The number of anilines is 1. The topological polar surface area (TPSA) is 79.5 Å². The number of halogens is 1. The van der Waals surface area contributed by atoms with Crippen LogP contribution in [0.3, 0.4) is 0 Å². The normalized spacial score (nSPS) is 16.4. The Hall–Kier alpha value is -2.80. The monoisotopic (exact) mass is 429 g/mol. The molecular weight excluding hydrogens is 410 g/mol. The zero-order valence-corrected chi connectivity index (χ0v) is 16.6. The number of para-hydroxylation sites is 2. The summed E-state index contributed by atoms with van der Waals surface area (Å²) in [4.78, 5) is 25.1. The first kappa shape index (κ1) is 19.0. The van der Waals surface area contributed by atoms with Crippen molar-refractivity contribution in [3.8, 4) is 5.75 Å². The van der Waals surface area contributed by atoms with E-state index in [1.165, 1.54) is 0 Å². The van der Waals surface area contributed by atoms with Crippen LogP contribution in [-0.2, 0) is 4.79 Å². The number of hydrogen-bond donors (Lipinski definition) is 3. The lowest BCUT2D eigenvalue weighted by atomic mass is 9.95. The molecule has 1 heterocycles. The minimum atomic E-state index is -0.560. The Kier molecular flexibility index (Phi) is 5.81. The molecule has 6 nitrogen and oxygen atoms in total. The van der Waals surface area contributed by atoms with Gasteiger partial charge in [0.15, 0.2) is 0 Å². The van der Waals surface area contributed by atoms with Gasteiger partial charge in [-0.15, -0.1) is 0 Å². The van der Waals surface area contributed by atoms with Gasteiger partial charge in [-0.2, -0.15) is 0 Å². The summed E-state index contributed by atoms with van der Waals surface area (Å²) < 4.78 is 6.44. The van der Waals surface area contributed by atoms with E-state index in [1.807, 2.05) is 43.3 Å². The fraction of sp³-hybridized carbons (Fsp3) is 0.200. The Labute approximate surface area is 166 Å². The van der Waals surface area contributed by atoms with E-state index >= 15 is 0 Å². The number of ether oxygens (including phenoxy) is 1. The molecule has 0 saturated heterocycles. The van der Waals surface area contributed by atoms with Gasteiger partial charge < -0.3 is 20.7 Å². The second-order valence-electron chi connectivity index (χ2n) is 6.01. The van der Waals surface area contributed by atoms with E-state index < -0.39 is 6.04 Å². The average Bonchev–Trinajstić information content (AvgIpc) is 2.63. The van der Waals surface area contributed by atoms with Crippen molar-refractivity contribution in [2.45, 2.75) is 19.9 Å². The molecule has 0 fully saturated rings. The molecule has 3 rings (SSSR count).